The van der Waals surface area contributed by atoms with Crippen molar-refractivity contribution >= 4 is 17.7 Å². The fourth-order valence-corrected chi connectivity index (χ4v) is 4.63. The van der Waals surface area contributed by atoms with E-state index in [2.05, 4.69) is 15.9 Å². The van der Waals surface area contributed by atoms with E-state index in [1.165, 1.54) is 4.90 Å². The van der Waals surface area contributed by atoms with E-state index in [1.807, 2.05) is 0 Å². The van der Waals surface area contributed by atoms with Gasteiger partial charge in [-0.25, -0.2) is 4.98 Å². The van der Waals surface area contributed by atoms with Crippen LogP contribution < -0.4 is 9.80 Å². The quantitative estimate of drug-likeness (QED) is 0.710. The molecule has 0 spiro atoms. The maximum Gasteiger partial charge on any atom is 0.433 e. The molecule has 156 valence electrons. The van der Waals surface area contributed by atoms with Crippen molar-refractivity contribution in [3.05, 3.63) is 11.3 Å². The number of nitrogens with zero attached hydrogens (tertiary/aromatic N) is 4. The van der Waals surface area contributed by atoms with E-state index in [-0.39, 0.29) is 54.5 Å². The first-order valence-electron chi connectivity index (χ1n) is 9.51. The third kappa shape index (κ3) is 3.27. The molecule has 1 saturated carbocycles. The monoisotopic (exact) mass is 410 g/mol. The number of fused-ring (bicyclic) bond motifs is 1. The number of carbonyl (C=O) groups is 1. The smallest absolute Gasteiger partial charge is 0.433 e. The van der Waals surface area contributed by atoms with Gasteiger partial charge in [-0.3, -0.25) is 4.79 Å². The molecular formula is C19H21F3N4O3. The van der Waals surface area contributed by atoms with Crippen molar-refractivity contribution in [1.29, 1.82) is 0 Å². The zero-order chi connectivity index (χ0) is 21.1. The van der Waals surface area contributed by atoms with Gasteiger partial charge in [0.1, 0.15) is 18.0 Å². The number of carboxylic acid groups (broad SMARTS) is 1. The summed E-state index contributed by atoms with van der Waals surface area (Å²) in [5.74, 6) is 1.99. The Bertz CT molecular complexity index is 873. The molecule has 3 aliphatic rings. The van der Waals surface area contributed by atoms with Crippen LogP contribution in [0.1, 0.15) is 24.6 Å². The Morgan fingerprint density at radius 3 is 2.41 bits per heavy atom. The molecule has 5 atom stereocenters. The first-order valence-corrected chi connectivity index (χ1v) is 9.51. The molecule has 3 fully saturated rings. The van der Waals surface area contributed by atoms with Crippen LogP contribution in [-0.4, -0.2) is 57.9 Å². The van der Waals surface area contributed by atoms with Gasteiger partial charge in [0.15, 0.2) is 5.69 Å². The number of aliphatic hydroxyl groups is 1. The van der Waals surface area contributed by atoms with E-state index in [9.17, 15) is 23.1 Å². The number of β-amino-alcohol motifs (C(OH)–C–C–N with tert-alkyl or cyclic N) is 1. The lowest BCUT2D eigenvalue weighted by Gasteiger charge is -2.42. The molecule has 2 aliphatic heterocycles. The minimum absolute atomic E-state index is 0.0238. The van der Waals surface area contributed by atoms with Gasteiger partial charge in [-0.05, 0) is 24.2 Å². The van der Waals surface area contributed by atoms with Crippen molar-refractivity contribution in [2.75, 3.05) is 29.4 Å². The Hall–Kier alpha value is -2.54. The predicted octanol–water partition coefficient (Wildman–Crippen LogP) is 1.40. The standard InChI is InChI=1S/C19H21F3N4O3/c1-3-9-16(19(20,21)22)23-18(26-8-14(27)13(26)4-2)24-17(9)25-6-11-10(5-15(28)29)12(11)7-25/h2,10-14,27H,3,5-8H2,1H3,(H,28,29)/t10?,11-,12+,13-,14+/m0/s1. The maximum absolute atomic E-state index is 13.7. The molecule has 10 heteroatoms. The van der Waals surface area contributed by atoms with Gasteiger partial charge in [-0.15, -0.1) is 6.42 Å². The van der Waals surface area contributed by atoms with E-state index in [0.29, 0.717) is 13.1 Å². The highest BCUT2D eigenvalue weighted by Gasteiger charge is 2.57. The minimum atomic E-state index is -4.65. The summed E-state index contributed by atoms with van der Waals surface area (Å²) in [7, 11) is 0. The highest BCUT2D eigenvalue weighted by atomic mass is 19.4. The number of terminal acetylenes is 1. The summed E-state index contributed by atoms with van der Waals surface area (Å²) in [6, 6.07) is -0.761. The van der Waals surface area contributed by atoms with Gasteiger partial charge in [0.2, 0.25) is 5.95 Å². The second-order valence-corrected chi connectivity index (χ2v) is 7.85. The first kappa shape index (κ1) is 19.8. The van der Waals surface area contributed by atoms with Crippen molar-refractivity contribution < 1.29 is 28.2 Å². The molecule has 7 nitrogen and oxygen atoms in total. The number of aliphatic carboxylic acids is 1. The zero-order valence-corrected chi connectivity index (χ0v) is 15.7. The van der Waals surface area contributed by atoms with Crippen molar-refractivity contribution in [2.24, 2.45) is 17.8 Å². The number of halogens is 3. The van der Waals surface area contributed by atoms with Crippen LogP contribution in [0.2, 0.25) is 0 Å². The highest BCUT2D eigenvalue weighted by molar-refractivity contribution is 5.68. The van der Waals surface area contributed by atoms with Crippen molar-refractivity contribution in [2.45, 2.75) is 38.1 Å². The Labute approximate surface area is 165 Å². The minimum Gasteiger partial charge on any atom is -0.481 e. The van der Waals surface area contributed by atoms with Crippen molar-refractivity contribution in [3.63, 3.8) is 0 Å². The molecule has 4 rings (SSSR count). The average Bonchev–Trinajstić information content (AvgIpc) is 3.07. The molecular weight excluding hydrogens is 389 g/mol. The number of anilines is 2. The maximum atomic E-state index is 13.7. The number of hydrogen-bond acceptors (Lipinski definition) is 6. The van der Waals surface area contributed by atoms with Crippen LogP contribution in [0.5, 0.6) is 0 Å². The molecule has 0 amide bonds. The molecule has 1 aliphatic carbocycles. The van der Waals surface area contributed by atoms with E-state index in [1.54, 1.807) is 11.8 Å². The number of hydrogen-bond donors (Lipinski definition) is 2. The summed E-state index contributed by atoms with van der Waals surface area (Å²) in [4.78, 5) is 22.3. The van der Waals surface area contributed by atoms with Gasteiger partial charge in [-0.1, -0.05) is 12.8 Å². The molecule has 3 heterocycles. The summed E-state index contributed by atoms with van der Waals surface area (Å²) >= 11 is 0. The number of alkyl halides is 3. The Morgan fingerprint density at radius 2 is 1.93 bits per heavy atom. The largest absolute Gasteiger partial charge is 0.481 e. The third-order valence-corrected chi connectivity index (χ3v) is 6.19. The number of carboxylic acids is 1. The molecule has 1 aromatic heterocycles. The van der Waals surface area contributed by atoms with E-state index in [4.69, 9.17) is 11.5 Å². The lowest BCUT2D eigenvalue weighted by atomic mass is 10.0. The first-order chi connectivity index (χ1) is 13.7. The summed E-state index contributed by atoms with van der Waals surface area (Å²) in [6.07, 6.45) is 0.0943. The van der Waals surface area contributed by atoms with E-state index < -0.39 is 30.0 Å². The van der Waals surface area contributed by atoms with Gasteiger partial charge in [0.25, 0.3) is 0 Å². The molecule has 0 aromatic carbocycles. The van der Waals surface area contributed by atoms with Crippen LogP contribution in [-0.2, 0) is 17.4 Å². The molecule has 0 bridgehead atoms. The molecule has 29 heavy (non-hydrogen) atoms. The molecule has 0 radical (unpaired) electrons. The summed E-state index contributed by atoms with van der Waals surface area (Å²) in [5, 5.41) is 18.7. The SMILES string of the molecule is C#C[C@H]1[C@H](O)CN1c1nc(N2C[C@@H]3C(CC(=O)O)[C@@H]3C2)c(CC)c(C(F)(F)F)n1. The fraction of sp³-hybridized carbons (Fsp3) is 0.632. The van der Waals surface area contributed by atoms with Crippen LogP contribution in [0.15, 0.2) is 0 Å². The average molecular weight is 410 g/mol. The van der Waals surface area contributed by atoms with Gasteiger partial charge >= 0.3 is 12.1 Å². The molecule has 1 aromatic rings. The Kier molecular flexibility index (Phi) is 4.61. The fourth-order valence-electron chi connectivity index (χ4n) is 4.63. The van der Waals surface area contributed by atoms with Crippen LogP contribution in [0.25, 0.3) is 0 Å². The number of piperidine rings is 1. The lowest BCUT2D eigenvalue weighted by molar-refractivity contribution is -0.142. The van der Waals surface area contributed by atoms with Gasteiger partial charge in [0, 0.05) is 25.1 Å². The summed E-state index contributed by atoms with van der Waals surface area (Å²) in [6.45, 7) is 2.65. The lowest BCUT2D eigenvalue weighted by Crippen LogP contribution is -2.60. The topological polar surface area (TPSA) is 89.8 Å². The predicted molar refractivity (Wildman–Crippen MR) is 97.3 cm³/mol. The second-order valence-electron chi connectivity index (χ2n) is 7.85. The second kappa shape index (κ2) is 6.76. The Morgan fingerprint density at radius 1 is 1.28 bits per heavy atom. The number of aliphatic hydroxyl groups excluding tert-OH is 1. The van der Waals surface area contributed by atoms with Crippen LogP contribution in [0.3, 0.4) is 0 Å². The van der Waals surface area contributed by atoms with Crippen molar-refractivity contribution in [1.82, 2.24) is 9.97 Å². The molecule has 2 N–H and O–H groups in total. The van der Waals surface area contributed by atoms with E-state index >= 15 is 0 Å². The molecule has 2 saturated heterocycles. The van der Waals surface area contributed by atoms with Gasteiger partial charge in [0.05, 0.1) is 6.54 Å². The van der Waals surface area contributed by atoms with Crippen LogP contribution in [0.4, 0.5) is 24.9 Å². The van der Waals surface area contributed by atoms with Crippen LogP contribution >= 0.6 is 0 Å². The normalized spacial score (nSPS) is 30.6. The summed E-state index contributed by atoms with van der Waals surface area (Å²) < 4.78 is 41.2. The Balaban J connectivity index is 1.67. The van der Waals surface area contributed by atoms with E-state index in [0.717, 1.165) is 0 Å². The third-order valence-electron chi connectivity index (χ3n) is 6.19. The number of aromatic nitrogens is 2. The van der Waals surface area contributed by atoms with Crippen LogP contribution in [0, 0.1) is 30.1 Å². The number of rotatable bonds is 5. The van der Waals surface area contributed by atoms with Gasteiger partial charge < -0.3 is 20.0 Å². The highest BCUT2D eigenvalue weighted by Crippen LogP contribution is 2.54. The van der Waals surface area contributed by atoms with Crippen molar-refractivity contribution in [3.8, 4) is 12.3 Å². The summed E-state index contributed by atoms with van der Waals surface area (Å²) in [5.41, 5.74) is -0.963. The molecule has 1 unspecified atom stereocenters. The van der Waals surface area contributed by atoms with Gasteiger partial charge in [-0.2, -0.15) is 18.2 Å². The zero-order valence-electron chi connectivity index (χ0n) is 15.7.